The van der Waals surface area contributed by atoms with Gasteiger partial charge in [-0.15, -0.1) is 12.4 Å². The topological polar surface area (TPSA) is 41.1 Å². The van der Waals surface area contributed by atoms with Gasteiger partial charge >= 0.3 is 0 Å². The van der Waals surface area contributed by atoms with Gasteiger partial charge in [-0.3, -0.25) is 4.79 Å². The van der Waals surface area contributed by atoms with Crippen molar-refractivity contribution in [2.24, 2.45) is 0 Å². The van der Waals surface area contributed by atoms with Crippen LogP contribution < -0.4 is 10.6 Å². The second-order valence-corrected chi connectivity index (χ2v) is 5.67. The molecule has 2 N–H and O–H groups in total. The molecular weight excluding hydrogens is 272 g/mol. The maximum Gasteiger partial charge on any atom is 0.224 e. The summed E-state index contributed by atoms with van der Waals surface area (Å²) < 4.78 is 0. The number of halogens is 1. The lowest BCUT2D eigenvalue weighted by Gasteiger charge is -2.30. The minimum atomic E-state index is 0. The number of benzene rings is 1. The average molecular weight is 297 g/mol. The third-order valence-electron chi connectivity index (χ3n) is 3.96. The normalized spacial score (nSPS) is 21.9. The van der Waals surface area contributed by atoms with E-state index in [1.54, 1.807) is 0 Å². The van der Waals surface area contributed by atoms with E-state index in [1.165, 1.54) is 11.1 Å². The largest absolute Gasteiger partial charge is 0.352 e. The van der Waals surface area contributed by atoms with E-state index in [9.17, 15) is 4.79 Å². The van der Waals surface area contributed by atoms with Crippen LogP contribution in [-0.2, 0) is 11.2 Å². The van der Waals surface area contributed by atoms with Crippen molar-refractivity contribution in [1.29, 1.82) is 0 Å². The zero-order chi connectivity index (χ0) is 13.8. The molecule has 0 aliphatic carbocycles. The summed E-state index contributed by atoms with van der Waals surface area (Å²) in [6, 6.07) is 6.92. The van der Waals surface area contributed by atoms with Crippen LogP contribution in [0, 0.1) is 13.8 Å². The summed E-state index contributed by atoms with van der Waals surface area (Å²) >= 11 is 0. The minimum Gasteiger partial charge on any atom is -0.352 e. The van der Waals surface area contributed by atoms with Gasteiger partial charge in [0.1, 0.15) is 0 Å². The molecule has 1 heterocycles. The monoisotopic (exact) mass is 296 g/mol. The number of hydrogen-bond acceptors (Lipinski definition) is 2. The minimum absolute atomic E-state index is 0. The molecule has 4 heteroatoms. The third kappa shape index (κ3) is 4.50. The van der Waals surface area contributed by atoms with Gasteiger partial charge in [0.15, 0.2) is 0 Å². The molecule has 0 spiro atoms. The molecule has 0 radical (unpaired) electrons. The number of hydrogen-bond donors (Lipinski definition) is 2. The van der Waals surface area contributed by atoms with Crippen LogP contribution in [0.3, 0.4) is 0 Å². The first kappa shape index (κ1) is 17.0. The molecule has 1 saturated heterocycles. The third-order valence-corrected chi connectivity index (χ3v) is 3.96. The molecule has 1 amide bonds. The smallest absolute Gasteiger partial charge is 0.224 e. The SMILES string of the molecule is Cc1ccc(C)c(CC(=O)NC2CCCNC2C)c1.Cl. The van der Waals surface area contributed by atoms with E-state index >= 15 is 0 Å². The lowest BCUT2D eigenvalue weighted by Crippen LogP contribution is -2.52. The van der Waals surface area contributed by atoms with Crippen LogP contribution in [0.1, 0.15) is 36.5 Å². The first-order chi connectivity index (χ1) is 9.06. The number of aryl methyl sites for hydroxylation is 2. The number of carbonyl (C=O) groups excluding carboxylic acids is 1. The van der Waals surface area contributed by atoms with Gasteiger partial charge in [-0.05, 0) is 51.3 Å². The van der Waals surface area contributed by atoms with E-state index in [0.29, 0.717) is 12.5 Å². The summed E-state index contributed by atoms with van der Waals surface area (Å²) in [5.41, 5.74) is 3.53. The Hall–Kier alpha value is -1.06. The molecule has 2 unspecified atom stereocenters. The highest BCUT2D eigenvalue weighted by Gasteiger charge is 2.22. The molecule has 0 bridgehead atoms. The average Bonchev–Trinajstić information content (AvgIpc) is 2.37. The van der Waals surface area contributed by atoms with Crippen molar-refractivity contribution in [3.63, 3.8) is 0 Å². The van der Waals surface area contributed by atoms with Gasteiger partial charge in [-0.25, -0.2) is 0 Å². The second-order valence-electron chi connectivity index (χ2n) is 5.67. The Morgan fingerprint density at radius 1 is 1.40 bits per heavy atom. The van der Waals surface area contributed by atoms with Crippen molar-refractivity contribution < 1.29 is 4.79 Å². The van der Waals surface area contributed by atoms with Gasteiger partial charge in [-0.2, -0.15) is 0 Å². The molecule has 2 atom stereocenters. The van der Waals surface area contributed by atoms with Crippen LogP contribution in [0.15, 0.2) is 18.2 Å². The second kappa shape index (κ2) is 7.65. The van der Waals surface area contributed by atoms with E-state index < -0.39 is 0 Å². The van der Waals surface area contributed by atoms with E-state index in [2.05, 4.69) is 49.6 Å². The molecule has 1 aromatic carbocycles. The highest BCUT2D eigenvalue weighted by molar-refractivity contribution is 5.85. The highest BCUT2D eigenvalue weighted by Crippen LogP contribution is 2.13. The van der Waals surface area contributed by atoms with E-state index in [1.807, 2.05) is 0 Å². The first-order valence-corrected chi connectivity index (χ1v) is 7.15. The fourth-order valence-electron chi connectivity index (χ4n) is 2.66. The fraction of sp³-hybridized carbons (Fsp3) is 0.562. The number of rotatable bonds is 3. The van der Waals surface area contributed by atoms with Crippen molar-refractivity contribution in [1.82, 2.24) is 10.6 Å². The van der Waals surface area contributed by atoms with Gasteiger partial charge in [0, 0.05) is 12.1 Å². The van der Waals surface area contributed by atoms with Crippen molar-refractivity contribution >= 4 is 18.3 Å². The summed E-state index contributed by atoms with van der Waals surface area (Å²) in [6.45, 7) is 7.33. The number of nitrogens with one attached hydrogen (secondary N) is 2. The molecular formula is C16H25ClN2O. The molecule has 1 aliphatic heterocycles. The standard InChI is InChI=1S/C16H24N2O.ClH/c1-11-6-7-12(2)14(9-11)10-16(19)18-15-5-4-8-17-13(15)3;/h6-7,9,13,15,17H,4-5,8,10H2,1-3H3,(H,18,19);1H. The highest BCUT2D eigenvalue weighted by atomic mass is 35.5. The van der Waals surface area contributed by atoms with E-state index in [4.69, 9.17) is 0 Å². The van der Waals surface area contributed by atoms with Gasteiger partial charge in [0.2, 0.25) is 5.91 Å². The number of carbonyl (C=O) groups is 1. The summed E-state index contributed by atoms with van der Waals surface area (Å²) in [7, 11) is 0. The Morgan fingerprint density at radius 3 is 2.85 bits per heavy atom. The molecule has 2 rings (SSSR count). The van der Waals surface area contributed by atoms with Gasteiger partial charge in [0.05, 0.1) is 6.42 Å². The summed E-state index contributed by atoms with van der Waals surface area (Å²) in [6.07, 6.45) is 2.70. The fourth-order valence-corrected chi connectivity index (χ4v) is 2.66. The zero-order valence-electron chi connectivity index (χ0n) is 12.5. The van der Waals surface area contributed by atoms with E-state index in [-0.39, 0.29) is 24.4 Å². The molecule has 1 aromatic rings. The molecule has 1 aliphatic rings. The van der Waals surface area contributed by atoms with Crippen LogP contribution in [0.25, 0.3) is 0 Å². The summed E-state index contributed by atoms with van der Waals surface area (Å²) in [4.78, 5) is 12.2. The van der Waals surface area contributed by atoms with Crippen LogP contribution in [0.4, 0.5) is 0 Å². The number of amides is 1. The maximum absolute atomic E-state index is 12.2. The van der Waals surface area contributed by atoms with Gasteiger partial charge < -0.3 is 10.6 Å². The Kier molecular flexibility index (Phi) is 6.50. The first-order valence-electron chi connectivity index (χ1n) is 7.15. The van der Waals surface area contributed by atoms with Crippen LogP contribution in [0.5, 0.6) is 0 Å². The number of piperidine rings is 1. The molecule has 20 heavy (non-hydrogen) atoms. The molecule has 1 fully saturated rings. The Labute approximate surface area is 127 Å². The van der Waals surface area contributed by atoms with Crippen molar-refractivity contribution in [3.05, 3.63) is 34.9 Å². The van der Waals surface area contributed by atoms with E-state index in [0.717, 1.165) is 24.9 Å². The molecule has 3 nitrogen and oxygen atoms in total. The van der Waals surface area contributed by atoms with Gasteiger partial charge in [-0.1, -0.05) is 23.8 Å². The molecule has 0 saturated carbocycles. The van der Waals surface area contributed by atoms with Crippen LogP contribution in [-0.4, -0.2) is 24.5 Å². The summed E-state index contributed by atoms with van der Waals surface area (Å²) in [5.74, 6) is 0.134. The Bertz CT molecular complexity index is 462. The Morgan fingerprint density at radius 2 is 2.15 bits per heavy atom. The molecule has 112 valence electrons. The Balaban J connectivity index is 0.00000200. The predicted molar refractivity (Wildman–Crippen MR) is 85.5 cm³/mol. The zero-order valence-corrected chi connectivity index (χ0v) is 13.3. The lowest BCUT2D eigenvalue weighted by molar-refractivity contribution is -0.121. The van der Waals surface area contributed by atoms with Crippen LogP contribution in [0.2, 0.25) is 0 Å². The van der Waals surface area contributed by atoms with Gasteiger partial charge in [0.25, 0.3) is 0 Å². The molecule has 0 aromatic heterocycles. The van der Waals surface area contributed by atoms with Crippen molar-refractivity contribution in [3.8, 4) is 0 Å². The van der Waals surface area contributed by atoms with Crippen LogP contribution >= 0.6 is 12.4 Å². The summed E-state index contributed by atoms with van der Waals surface area (Å²) in [5, 5.41) is 6.57. The quantitative estimate of drug-likeness (QED) is 0.900. The lowest BCUT2D eigenvalue weighted by atomic mass is 9.98. The van der Waals surface area contributed by atoms with Crippen molar-refractivity contribution in [2.75, 3.05) is 6.54 Å². The maximum atomic E-state index is 12.2. The predicted octanol–water partition coefficient (Wildman–Crippen LogP) is 2.52. The van der Waals surface area contributed by atoms with Crippen molar-refractivity contribution in [2.45, 2.75) is 52.1 Å².